The van der Waals surface area contributed by atoms with Crippen molar-refractivity contribution in [3.05, 3.63) is 0 Å². The number of amides is 1. The molecule has 0 aromatic rings. The third-order valence-corrected chi connectivity index (χ3v) is 4.26. The van der Waals surface area contributed by atoms with Crippen molar-refractivity contribution in [1.29, 1.82) is 0 Å². The Labute approximate surface area is 113 Å². The van der Waals surface area contributed by atoms with E-state index in [9.17, 15) is 9.90 Å². The highest BCUT2D eigenvalue weighted by molar-refractivity contribution is 9.09. The summed E-state index contributed by atoms with van der Waals surface area (Å²) in [6.45, 7) is 7.12. The molecule has 1 rings (SSSR count). The van der Waals surface area contributed by atoms with Crippen molar-refractivity contribution >= 4 is 22.0 Å². The van der Waals surface area contributed by atoms with E-state index in [1.54, 1.807) is 4.90 Å². The summed E-state index contributed by atoms with van der Waals surface area (Å²) in [4.78, 5) is 12.9. The van der Waals surface area contributed by atoms with Gasteiger partial charge in [-0.2, -0.15) is 0 Å². The minimum absolute atomic E-state index is 0.0332. The first-order valence-electron chi connectivity index (χ1n) is 6.41. The number of hydrogen-bond donors (Lipinski definition) is 1. The zero-order valence-electron chi connectivity index (χ0n) is 11.1. The number of rotatable bonds is 3. The average Bonchev–Trinajstić information content (AvgIpc) is 2.24. The third-order valence-electron chi connectivity index (χ3n) is 3.70. The maximum atomic E-state index is 11.3. The summed E-state index contributed by atoms with van der Waals surface area (Å²) in [5.41, 5.74) is 0.0332. The van der Waals surface area contributed by atoms with Gasteiger partial charge in [0.25, 0.3) is 0 Å². The Hall–Kier alpha value is -0.250. The lowest BCUT2D eigenvalue weighted by molar-refractivity contribution is 0.0390. The zero-order chi connectivity index (χ0) is 13.1. The highest BCUT2D eigenvalue weighted by atomic mass is 79.9. The van der Waals surface area contributed by atoms with Crippen LogP contribution < -0.4 is 0 Å². The fraction of sp³-hybridized carbons (Fsp3) is 0.923. The molecule has 0 spiro atoms. The number of likely N-dealkylation sites (tertiary alicyclic amines) is 1. The lowest BCUT2D eigenvalue weighted by Crippen LogP contribution is -2.51. The molecule has 3 nitrogen and oxygen atoms in total. The van der Waals surface area contributed by atoms with Gasteiger partial charge in [0.05, 0.1) is 0 Å². The highest BCUT2D eigenvalue weighted by Gasteiger charge is 2.38. The van der Waals surface area contributed by atoms with Crippen LogP contribution in [0.15, 0.2) is 0 Å². The van der Waals surface area contributed by atoms with Crippen molar-refractivity contribution in [3.8, 4) is 0 Å². The van der Waals surface area contributed by atoms with Crippen LogP contribution in [0, 0.1) is 11.3 Å². The first-order valence-corrected chi connectivity index (χ1v) is 7.54. The van der Waals surface area contributed by atoms with Crippen LogP contribution in [-0.2, 0) is 0 Å². The van der Waals surface area contributed by atoms with E-state index < -0.39 is 6.09 Å². The summed E-state index contributed by atoms with van der Waals surface area (Å²) in [5.74, 6) is 0.687. The molecule has 0 radical (unpaired) electrons. The van der Waals surface area contributed by atoms with Gasteiger partial charge in [-0.25, -0.2) is 4.79 Å². The van der Waals surface area contributed by atoms with Gasteiger partial charge < -0.3 is 10.0 Å². The van der Waals surface area contributed by atoms with Gasteiger partial charge in [-0.05, 0) is 37.0 Å². The molecule has 0 aromatic carbocycles. The number of piperidine rings is 1. The molecule has 1 aliphatic heterocycles. The minimum Gasteiger partial charge on any atom is -0.465 e. The molecular weight excluding hydrogens is 282 g/mol. The lowest BCUT2D eigenvalue weighted by atomic mass is 9.76. The molecule has 100 valence electrons. The number of carbonyl (C=O) groups is 1. The summed E-state index contributed by atoms with van der Waals surface area (Å²) in [6.07, 6.45) is 3.68. The fourth-order valence-electron chi connectivity index (χ4n) is 2.72. The van der Waals surface area contributed by atoms with Crippen molar-refractivity contribution in [2.24, 2.45) is 11.3 Å². The first-order chi connectivity index (χ1) is 7.86. The highest BCUT2D eigenvalue weighted by Crippen LogP contribution is 2.36. The Balaban J connectivity index is 2.67. The van der Waals surface area contributed by atoms with Gasteiger partial charge in [-0.1, -0.05) is 36.7 Å². The van der Waals surface area contributed by atoms with Gasteiger partial charge in [0.15, 0.2) is 0 Å². The molecule has 17 heavy (non-hydrogen) atoms. The molecule has 1 amide bonds. The molecule has 0 aliphatic carbocycles. The van der Waals surface area contributed by atoms with Crippen LogP contribution in [0.1, 0.15) is 46.5 Å². The van der Waals surface area contributed by atoms with Gasteiger partial charge in [-0.15, -0.1) is 0 Å². The van der Waals surface area contributed by atoms with Crippen LogP contribution in [0.4, 0.5) is 4.79 Å². The van der Waals surface area contributed by atoms with Crippen LogP contribution in [-0.4, -0.2) is 34.0 Å². The first kappa shape index (κ1) is 14.8. The summed E-state index contributed by atoms with van der Waals surface area (Å²) in [7, 11) is 0. The zero-order valence-corrected chi connectivity index (χ0v) is 12.7. The molecule has 1 fully saturated rings. The molecule has 0 bridgehead atoms. The van der Waals surface area contributed by atoms with E-state index in [0.717, 1.165) is 18.2 Å². The van der Waals surface area contributed by atoms with Gasteiger partial charge >= 0.3 is 6.09 Å². The van der Waals surface area contributed by atoms with Crippen LogP contribution >= 0.6 is 15.9 Å². The Morgan fingerprint density at radius 3 is 2.59 bits per heavy atom. The van der Waals surface area contributed by atoms with Crippen molar-refractivity contribution in [2.75, 3.05) is 11.9 Å². The number of hydrogen-bond acceptors (Lipinski definition) is 1. The average molecular weight is 306 g/mol. The minimum atomic E-state index is -0.760. The molecule has 0 saturated carbocycles. The number of alkyl halides is 1. The molecule has 4 heteroatoms. The van der Waals surface area contributed by atoms with Crippen LogP contribution in [0.25, 0.3) is 0 Å². The predicted octanol–water partition coefficient (Wildman–Crippen LogP) is 3.97. The summed E-state index contributed by atoms with van der Waals surface area (Å²) in [5, 5.41) is 10.3. The van der Waals surface area contributed by atoms with Crippen molar-refractivity contribution in [1.82, 2.24) is 4.90 Å². The maximum absolute atomic E-state index is 11.3. The summed E-state index contributed by atoms with van der Waals surface area (Å²) in [6, 6.07) is 0.161. The van der Waals surface area contributed by atoms with Crippen LogP contribution in [0.2, 0.25) is 0 Å². The summed E-state index contributed by atoms with van der Waals surface area (Å²) < 4.78 is 0. The molecule has 2 unspecified atom stereocenters. The van der Waals surface area contributed by atoms with Gasteiger partial charge in [-0.3, -0.25) is 0 Å². The van der Waals surface area contributed by atoms with Crippen LogP contribution in [0.5, 0.6) is 0 Å². The molecule has 1 heterocycles. The van der Waals surface area contributed by atoms with Crippen molar-refractivity contribution in [3.63, 3.8) is 0 Å². The molecule has 0 aromatic heterocycles. The van der Waals surface area contributed by atoms with Gasteiger partial charge in [0.1, 0.15) is 0 Å². The molecule has 1 N–H and O–H groups in total. The second-order valence-electron chi connectivity index (χ2n) is 6.08. The second kappa shape index (κ2) is 6.07. The SMILES string of the molecule is CC(C)(C)C1CC(CCCBr)CCN1C(=O)O. The Kier molecular flexibility index (Phi) is 5.29. The van der Waals surface area contributed by atoms with E-state index >= 15 is 0 Å². The van der Waals surface area contributed by atoms with Crippen LogP contribution in [0.3, 0.4) is 0 Å². The summed E-state index contributed by atoms with van der Waals surface area (Å²) >= 11 is 3.46. The predicted molar refractivity (Wildman–Crippen MR) is 73.7 cm³/mol. The second-order valence-corrected chi connectivity index (χ2v) is 6.87. The van der Waals surface area contributed by atoms with E-state index in [0.29, 0.717) is 12.5 Å². The molecular formula is C13H24BrNO2. The lowest BCUT2D eigenvalue weighted by Gasteiger charge is -2.44. The van der Waals surface area contributed by atoms with Crippen molar-refractivity contribution < 1.29 is 9.90 Å². The van der Waals surface area contributed by atoms with Gasteiger partial charge in [0, 0.05) is 17.9 Å². The van der Waals surface area contributed by atoms with Crippen molar-refractivity contribution in [2.45, 2.75) is 52.5 Å². The standard InChI is InChI=1S/C13H24BrNO2/c1-13(2,3)11-9-10(5-4-7-14)6-8-15(11)12(16)17/h10-11H,4-9H2,1-3H3,(H,16,17). The Morgan fingerprint density at radius 2 is 2.12 bits per heavy atom. The molecule has 1 saturated heterocycles. The van der Waals surface area contributed by atoms with Gasteiger partial charge in [0.2, 0.25) is 0 Å². The van der Waals surface area contributed by atoms with E-state index in [2.05, 4.69) is 36.7 Å². The number of nitrogens with zero attached hydrogens (tertiary/aromatic N) is 1. The van der Waals surface area contributed by atoms with E-state index in [1.807, 2.05) is 0 Å². The van der Waals surface area contributed by atoms with E-state index in [4.69, 9.17) is 0 Å². The topological polar surface area (TPSA) is 40.5 Å². The molecule has 1 aliphatic rings. The monoisotopic (exact) mass is 305 g/mol. The fourth-order valence-corrected chi connectivity index (χ4v) is 3.04. The Morgan fingerprint density at radius 1 is 1.47 bits per heavy atom. The number of carboxylic acid groups (broad SMARTS) is 1. The number of halogens is 1. The maximum Gasteiger partial charge on any atom is 0.407 e. The Bertz CT molecular complexity index is 263. The smallest absolute Gasteiger partial charge is 0.407 e. The molecule has 2 atom stereocenters. The van der Waals surface area contributed by atoms with E-state index in [-0.39, 0.29) is 11.5 Å². The largest absolute Gasteiger partial charge is 0.465 e. The van der Waals surface area contributed by atoms with E-state index in [1.165, 1.54) is 12.8 Å². The third kappa shape index (κ3) is 4.16. The quantitative estimate of drug-likeness (QED) is 0.802. The normalized spacial score (nSPS) is 26.0.